The van der Waals surface area contributed by atoms with Crippen molar-refractivity contribution in [3.8, 4) is 0 Å². The van der Waals surface area contributed by atoms with Gasteiger partial charge < -0.3 is 0 Å². The highest BCUT2D eigenvalue weighted by Gasteiger charge is 2.05. The normalized spacial score (nSPS) is 11.4. The van der Waals surface area contributed by atoms with Gasteiger partial charge in [-0.2, -0.15) is 0 Å². The fraction of sp³-hybridized carbons (Fsp3) is 0.947. The Morgan fingerprint density at radius 1 is 0.579 bits per heavy atom. The second-order valence-electron chi connectivity index (χ2n) is 6.27. The average molecular weight is 268 g/mol. The van der Waals surface area contributed by atoms with E-state index in [0.29, 0.717) is 0 Å². The second-order valence-corrected chi connectivity index (χ2v) is 6.27. The Balaban J connectivity index is 3.30. The molecule has 0 aliphatic rings. The van der Waals surface area contributed by atoms with E-state index >= 15 is 0 Å². The van der Waals surface area contributed by atoms with Crippen molar-refractivity contribution in [1.29, 1.82) is 0 Å². The Bertz CT molecular complexity index is 134. The van der Waals surface area contributed by atoms with Crippen LogP contribution >= 0.6 is 0 Å². The quantitative estimate of drug-likeness (QED) is 0.272. The maximum Gasteiger partial charge on any atom is -0.0414 e. The van der Waals surface area contributed by atoms with Crippen molar-refractivity contribution >= 4 is 0 Å². The summed E-state index contributed by atoms with van der Waals surface area (Å²) in [4.78, 5) is 0. The van der Waals surface area contributed by atoms with Gasteiger partial charge in [-0.25, -0.2) is 0 Å². The second kappa shape index (κ2) is 16.1. The number of hydrogen-bond acceptors (Lipinski definition) is 0. The van der Waals surface area contributed by atoms with Gasteiger partial charge in [0.2, 0.25) is 0 Å². The molecule has 0 aromatic heterocycles. The summed E-state index contributed by atoms with van der Waals surface area (Å²) >= 11 is 0. The summed E-state index contributed by atoms with van der Waals surface area (Å²) in [5.74, 6) is 0.914. The lowest BCUT2D eigenvalue weighted by Gasteiger charge is -2.14. The first-order chi connectivity index (χ1) is 9.35. The van der Waals surface area contributed by atoms with Crippen LogP contribution in [0, 0.1) is 12.8 Å². The zero-order chi connectivity index (χ0) is 14.2. The molecule has 19 heavy (non-hydrogen) atoms. The van der Waals surface area contributed by atoms with Crippen molar-refractivity contribution < 1.29 is 0 Å². The molecule has 0 unspecified atom stereocenters. The van der Waals surface area contributed by atoms with Gasteiger partial charge in [-0.3, -0.25) is 0 Å². The Labute approximate surface area is 123 Å². The molecule has 0 spiro atoms. The van der Waals surface area contributed by atoms with E-state index in [1.165, 1.54) is 89.9 Å². The van der Waals surface area contributed by atoms with Crippen LogP contribution in [0.5, 0.6) is 0 Å². The highest BCUT2D eigenvalue weighted by molar-refractivity contribution is 4.62. The van der Waals surface area contributed by atoms with Gasteiger partial charge in [0.25, 0.3) is 0 Å². The van der Waals surface area contributed by atoms with E-state index in [1.807, 2.05) is 0 Å². The van der Waals surface area contributed by atoms with E-state index in [1.54, 1.807) is 0 Å². The van der Waals surface area contributed by atoms with Gasteiger partial charge in [0, 0.05) is 0 Å². The first-order valence-corrected chi connectivity index (χ1v) is 9.14. The van der Waals surface area contributed by atoms with E-state index in [-0.39, 0.29) is 0 Å². The molecule has 0 atom stereocenters. The zero-order valence-corrected chi connectivity index (χ0v) is 13.9. The fourth-order valence-corrected chi connectivity index (χ4v) is 2.86. The third-order valence-corrected chi connectivity index (χ3v) is 4.34. The summed E-state index contributed by atoms with van der Waals surface area (Å²) in [6.07, 6.45) is 21.2. The van der Waals surface area contributed by atoms with Gasteiger partial charge in [0.05, 0.1) is 0 Å². The van der Waals surface area contributed by atoms with Gasteiger partial charge in [0.15, 0.2) is 0 Å². The SMILES string of the molecule is [CH2]CC(CCCCCCCC)CCCCCCCC. The molecule has 0 N–H and O–H groups in total. The predicted molar refractivity (Wildman–Crippen MR) is 89.5 cm³/mol. The third kappa shape index (κ3) is 14.2. The Morgan fingerprint density at radius 3 is 1.32 bits per heavy atom. The number of rotatable bonds is 15. The summed E-state index contributed by atoms with van der Waals surface area (Å²) in [5.41, 5.74) is 0. The lowest BCUT2D eigenvalue weighted by atomic mass is 9.92. The minimum absolute atomic E-state index is 0.914. The molecule has 0 aromatic rings. The summed E-state index contributed by atoms with van der Waals surface area (Å²) in [6, 6.07) is 0. The minimum Gasteiger partial charge on any atom is -0.0654 e. The Kier molecular flexibility index (Phi) is 16.1. The van der Waals surface area contributed by atoms with Crippen LogP contribution in [0.25, 0.3) is 0 Å². The van der Waals surface area contributed by atoms with E-state index in [9.17, 15) is 0 Å². The van der Waals surface area contributed by atoms with Crippen molar-refractivity contribution in [3.05, 3.63) is 6.92 Å². The smallest absolute Gasteiger partial charge is 0.0414 e. The average Bonchev–Trinajstić information content (AvgIpc) is 2.44. The largest absolute Gasteiger partial charge is 0.0654 e. The van der Waals surface area contributed by atoms with E-state index in [0.717, 1.165) is 12.3 Å². The number of hydrogen-bond donors (Lipinski definition) is 0. The van der Waals surface area contributed by atoms with Crippen LogP contribution in [-0.2, 0) is 0 Å². The van der Waals surface area contributed by atoms with Crippen molar-refractivity contribution in [2.24, 2.45) is 5.92 Å². The van der Waals surface area contributed by atoms with Crippen LogP contribution in [0.15, 0.2) is 0 Å². The number of unbranched alkanes of at least 4 members (excludes halogenated alkanes) is 10. The van der Waals surface area contributed by atoms with Gasteiger partial charge in [0.1, 0.15) is 0 Å². The molecule has 0 aromatic carbocycles. The maximum atomic E-state index is 4.14. The van der Waals surface area contributed by atoms with Crippen molar-refractivity contribution in [3.63, 3.8) is 0 Å². The Morgan fingerprint density at radius 2 is 0.947 bits per heavy atom. The molecular formula is C19H39. The van der Waals surface area contributed by atoms with Crippen LogP contribution in [0.4, 0.5) is 0 Å². The van der Waals surface area contributed by atoms with E-state index in [4.69, 9.17) is 0 Å². The maximum absolute atomic E-state index is 4.14. The van der Waals surface area contributed by atoms with Gasteiger partial charge in [-0.1, -0.05) is 117 Å². The van der Waals surface area contributed by atoms with Crippen LogP contribution in [0.3, 0.4) is 0 Å². The highest BCUT2D eigenvalue weighted by atomic mass is 14.1. The molecule has 0 nitrogen and oxygen atoms in total. The molecule has 0 bridgehead atoms. The summed E-state index contributed by atoms with van der Waals surface area (Å²) < 4.78 is 0. The van der Waals surface area contributed by atoms with Crippen LogP contribution in [0.1, 0.15) is 110 Å². The standard InChI is InChI=1S/C19H39/c1-4-7-9-11-13-15-17-19(6-3)18-16-14-12-10-8-5-2/h19H,3-18H2,1-2H3. The summed E-state index contributed by atoms with van der Waals surface area (Å²) in [7, 11) is 0. The summed E-state index contributed by atoms with van der Waals surface area (Å²) in [5, 5.41) is 0. The predicted octanol–water partition coefficient (Wildman–Crippen LogP) is 7.33. The molecule has 1 radical (unpaired) electrons. The van der Waals surface area contributed by atoms with Crippen LogP contribution in [-0.4, -0.2) is 0 Å². The van der Waals surface area contributed by atoms with Gasteiger partial charge >= 0.3 is 0 Å². The molecule has 0 saturated carbocycles. The molecule has 0 heteroatoms. The molecule has 0 saturated heterocycles. The van der Waals surface area contributed by atoms with Gasteiger partial charge in [-0.15, -0.1) is 0 Å². The fourth-order valence-electron chi connectivity index (χ4n) is 2.86. The molecule has 115 valence electrons. The molecule has 0 fully saturated rings. The summed E-state index contributed by atoms with van der Waals surface area (Å²) in [6.45, 7) is 8.72. The molecule has 0 amide bonds. The molecule has 0 aliphatic carbocycles. The first kappa shape index (κ1) is 19.0. The van der Waals surface area contributed by atoms with Crippen molar-refractivity contribution in [1.82, 2.24) is 0 Å². The highest BCUT2D eigenvalue weighted by Crippen LogP contribution is 2.21. The zero-order valence-electron chi connectivity index (χ0n) is 13.9. The third-order valence-electron chi connectivity index (χ3n) is 4.34. The first-order valence-electron chi connectivity index (χ1n) is 9.14. The molecule has 0 heterocycles. The minimum atomic E-state index is 0.914. The van der Waals surface area contributed by atoms with Gasteiger partial charge in [-0.05, 0) is 5.92 Å². The molecule has 0 rings (SSSR count). The van der Waals surface area contributed by atoms with Crippen LogP contribution < -0.4 is 0 Å². The lowest BCUT2D eigenvalue weighted by Crippen LogP contribution is -1.99. The Hall–Kier alpha value is 0. The van der Waals surface area contributed by atoms with Crippen LogP contribution in [0.2, 0.25) is 0 Å². The lowest BCUT2D eigenvalue weighted by molar-refractivity contribution is 0.405. The van der Waals surface area contributed by atoms with Crippen molar-refractivity contribution in [2.45, 2.75) is 110 Å². The monoisotopic (exact) mass is 267 g/mol. The van der Waals surface area contributed by atoms with E-state index < -0.39 is 0 Å². The van der Waals surface area contributed by atoms with E-state index in [2.05, 4.69) is 20.8 Å². The molecule has 0 aliphatic heterocycles. The topological polar surface area (TPSA) is 0 Å². The molecular weight excluding hydrogens is 228 g/mol. The van der Waals surface area contributed by atoms with Crippen molar-refractivity contribution in [2.75, 3.05) is 0 Å².